The highest BCUT2D eigenvalue weighted by Gasteiger charge is 2.40. The zero-order valence-corrected chi connectivity index (χ0v) is 22.2. The van der Waals surface area contributed by atoms with Crippen molar-refractivity contribution in [3.8, 4) is 0 Å². The lowest BCUT2D eigenvalue weighted by Crippen LogP contribution is -2.56. The van der Waals surface area contributed by atoms with Gasteiger partial charge in [0, 0.05) is 11.6 Å². The molecule has 0 radical (unpaired) electrons. The Morgan fingerprint density at radius 2 is 1.79 bits per heavy atom. The fourth-order valence-electron chi connectivity index (χ4n) is 3.65. The maximum absolute atomic E-state index is 13.6. The molecular formula is C27H43N3O4. The van der Waals surface area contributed by atoms with Gasteiger partial charge in [-0.15, -0.1) is 0 Å². The maximum Gasteiger partial charge on any atom is 0.408 e. The van der Waals surface area contributed by atoms with Gasteiger partial charge in [0.1, 0.15) is 18.2 Å². The molecule has 0 aliphatic carbocycles. The van der Waals surface area contributed by atoms with E-state index in [0.717, 1.165) is 18.4 Å². The minimum absolute atomic E-state index is 0.0378. The first-order valence-electron chi connectivity index (χ1n) is 12.1. The molecular weight excluding hydrogens is 430 g/mol. The van der Waals surface area contributed by atoms with Crippen LogP contribution >= 0.6 is 0 Å². The van der Waals surface area contributed by atoms with Gasteiger partial charge < -0.3 is 20.3 Å². The maximum atomic E-state index is 13.6. The fourth-order valence-corrected chi connectivity index (χ4v) is 3.65. The van der Waals surface area contributed by atoms with Crippen LogP contribution in [0.15, 0.2) is 30.8 Å². The van der Waals surface area contributed by atoms with Crippen LogP contribution in [0.4, 0.5) is 4.79 Å². The van der Waals surface area contributed by atoms with E-state index in [1.807, 2.05) is 52.0 Å². The minimum Gasteiger partial charge on any atom is -0.444 e. The molecule has 7 nitrogen and oxygen atoms in total. The highest BCUT2D eigenvalue weighted by molar-refractivity contribution is 5.91. The molecule has 3 amide bonds. The second-order valence-electron chi connectivity index (χ2n) is 10.3. The molecule has 0 fully saturated rings. The molecule has 0 saturated heterocycles. The minimum atomic E-state index is -0.873. The summed E-state index contributed by atoms with van der Waals surface area (Å²) >= 11 is 0. The first kappa shape index (κ1) is 29.2. The summed E-state index contributed by atoms with van der Waals surface area (Å²) < 4.78 is 5.27. The molecule has 34 heavy (non-hydrogen) atoms. The Labute approximate surface area is 205 Å². The molecule has 1 aromatic carbocycles. The first-order valence-corrected chi connectivity index (χ1v) is 12.1. The molecule has 0 aliphatic heterocycles. The molecule has 2 atom stereocenters. The topological polar surface area (TPSA) is 87.7 Å². The van der Waals surface area contributed by atoms with Crippen molar-refractivity contribution in [3.63, 3.8) is 0 Å². The predicted octanol–water partition coefficient (Wildman–Crippen LogP) is 5.22. The van der Waals surface area contributed by atoms with Crippen molar-refractivity contribution in [2.75, 3.05) is 6.54 Å². The van der Waals surface area contributed by atoms with Crippen molar-refractivity contribution in [3.05, 3.63) is 42.0 Å². The van der Waals surface area contributed by atoms with Crippen molar-refractivity contribution in [2.45, 2.75) is 97.9 Å². The number of nitrogens with one attached hydrogen (secondary N) is 2. The van der Waals surface area contributed by atoms with Crippen LogP contribution in [-0.4, -0.2) is 46.5 Å². The van der Waals surface area contributed by atoms with Gasteiger partial charge in [-0.25, -0.2) is 4.79 Å². The van der Waals surface area contributed by atoms with Crippen LogP contribution in [0.1, 0.15) is 91.8 Å². The van der Waals surface area contributed by atoms with E-state index < -0.39 is 23.3 Å². The van der Waals surface area contributed by atoms with Crippen molar-refractivity contribution in [1.82, 2.24) is 15.5 Å². The zero-order valence-electron chi connectivity index (χ0n) is 22.2. The Balaban J connectivity index is 3.41. The summed E-state index contributed by atoms with van der Waals surface area (Å²) in [4.78, 5) is 40.9. The number of rotatable bonds is 11. The van der Waals surface area contributed by atoms with Gasteiger partial charge >= 0.3 is 6.09 Å². The van der Waals surface area contributed by atoms with Gasteiger partial charge in [0.15, 0.2) is 0 Å². The number of amides is 3. The molecule has 190 valence electrons. The van der Waals surface area contributed by atoms with E-state index in [9.17, 15) is 14.4 Å². The second kappa shape index (κ2) is 12.6. The number of carbonyl (C=O) groups excluding carboxylic acids is 3. The standard InChI is InChI=1S/C27H43N3O4/c1-10-14-19(4)29-24(32)23(21-16-13-15-20(11-2)17-21)30(27(8,9)12-3)22(31)18-28-25(33)34-26(5,6)7/h11,13,15-17,19,23H,2,10,12,14,18H2,1,3-9H3,(H,28,33)(H,29,32). The Morgan fingerprint density at radius 3 is 2.32 bits per heavy atom. The largest absolute Gasteiger partial charge is 0.444 e. The van der Waals surface area contributed by atoms with Crippen molar-refractivity contribution in [2.24, 2.45) is 0 Å². The first-order chi connectivity index (χ1) is 15.8. The SMILES string of the molecule is C=Cc1cccc(C(C(=O)NC(C)CCC)N(C(=O)CNC(=O)OC(C)(C)C)C(C)(C)CC)c1. The number of carbonyl (C=O) groups is 3. The lowest BCUT2D eigenvalue weighted by molar-refractivity contribution is -0.147. The van der Waals surface area contributed by atoms with E-state index in [0.29, 0.717) is 12.0 Å². The monoisotopic (exact) mass is 473 g/mol. The van der Waals surface area contributed by atoms with Gasteiger partial charge in [-0.2, -0.15) is 0 Å². The van der Waals surface area contributed by atoms with E-state index in [1.165, 1.54) is 0 Å². The zero-order chi connectivity index (χ0) is 26.1. The molecule has 0 heterocycles. The van der Waals surface area contributed by atoms with Gasteiger partial charge in [0.2, 0.25) is 11.8 Å². The number of alkyl carbamates (subject to hydrolysis) is 1. The summed E-state index contributed by atoms with van der Waals surface area (Å²) in [5.41, 5.74) is 0.196. The number of hydrogen-bond donors (Lipinski definition) is 2. The number of benzene rings is 1. The Morgan fingerprint density at radius 1 is 1.15 bits per heavy atom. The summed E-state index contributed by atoms with van der Waals surface area (Å²) in [6, 6.07) is 6.55. The van der Waals surface area contributed by atoms with Crippen LogP contribution < -0.4 is 10.6 Å². The molecule has 2 unspecified atom stereocenters. The van der Waals surface area contributed by atoms with Crippen LogP contribution in [0.25, 0.3) is 6.08 Å². The van der Waals surface area contributed by atoms with Crippen LogP contribution in [-0.2, 0) is 14.3 Å². The third kappa shape index (κ3) is 8.84. The highest BCUT2D eigenvalue weighted by Crippen LogP contribution is 2.32. The Kier molecular flexibility index (Phi) is 10.8. The van der Waals surface area contributed by atoms with Crippen LogP contribution in [0.2, 0.25) is 0 Å². The second-order valence-corrected chi connectivity index (χ2v) is 10.3. The summed E-state index contributed by atoms with van der Waals surface area (Å²) in [5.74, 6) is -0.626. The summed E-state index contributed by atoms with van der Waals surface area (Å²) in [5, 5.41) is 5.62. The molecule has 1 aromatic rings. The average Bonchev–Trinajstić information content (AvgIpc) is 2.74. The van der Waals surface area contributed by atoms with Gasteiger partial charge in [0.25, 0.3) is 0 Å². The molecule has 0 saturated carbocycles. The van der Waals surface area contributed by atoms with Crippen molar-refractivity contribution in [1.29, 1.82) is 0 Å². The van der Waals surface area contributed by atoms with E-state index in [2.05, 4.69) is 24.1 Å². The smallest absolute Gasteiger partial charge is 0.408 e. The normalized spacial score (nSPS) is 13.4. The lowest BCUT2D eigenvalue weighted by atomic mass is 9.92. The van der Waals surface area contributed by atoms with Gasteiger partial charge in [-0.1, -0.05) is 51.1 Å². The van der Waals surface area contributed by atoms with Crippen LogP contribution in [0.5, 0.6) is 0 Å². The van der Waals surface area contributed by atoms with Crippen LogP contribution in [0, 0.1) is 0 Å². The molecule has 0 aromatic heterocycles. The lowest BCUT2D eigenvalue weighted by Gasteiger charge is -2.43. The highest BCUT2D eigenvalue weighted by atomic mass is 16.6. The Bertz CT molecular complexity index is 858. The fraction of sp³-hybridized carbons (Fsp3) is 0.593. The van der Waals surface area contributed by atoms with Crippen LogP contribution in [0.3, 0.4) is 0 Å². The molecule has 7 heteroatoms. The van der Waals surface area contributed by atoms with E-state index in [-0.39, 0.29) is 24.4 Å². The third-order valence-corrected chi connectivity index (χ3v) is 5.65. The molecule has 1 rings (SSSR count). The number of nitrogens with zero attached hydrogens (tertiary/aromatic N) is 1. The summed E-state index contributed by atoms with van der Waals surface area (Å²) in [6.45, 7) is 18.6. The molecule has 0 bridgehead atoms. The van der Waals surface area contributed by atoms with Gasteiger partial charge in [-0.05, 0) is 71.6 Å². The van der Waals surface area contributed by atoms with Gasteiger partial charge in [-0.3, -0.25) is 9.59 Å². The Hall–Kier alpha value is -2.83. The van der Waals surface area contributed by atoms with E-state index in [1.54, 1.807) is 31.7 Å². The molecule has 0 spiro atoms. The van der Waals surface area contributed by atoms with Crippen molar-refractivity contribution >= 4 is 24.0 Å². The van der Waals surface area contributed by atoms with E-state index >= 15 is 0 Å². The van der Waals surface area contributed by atoms with E-state index in [4.69, 9.17) is 4.74 Å². The number of ether oxygens (including phenoxy) is 1. The summed E-state index contributed by atoms with van der Waals surface area (Å²) in [7, 11) is 0. The molecule has 2 N–H and O–H groups in total. The summed E-state index contributed by atoms with van der Waals surface area (Å²) in [6.07, 6.45) is 3.40. The third-order valence-electron chi connectivity index (χ3n) is 5.65. The average molecular weight is 474 g/mol. The quantitative estimate of drug-likeness (QED) is 0.461. The molecule has 0 aliphatic rings. The predicted molar refractivity (Wildman–Crippen MR) is 137 cm³/mol. The van der Waals surface area contributed by atoms with Gasteiger partial charge in [0.05, 0.1) is 0 Å². The number of hydrogen-bond acceptors (Lipinski definition) is 4. The van der Waals surface area contributed by atoms with Crippen molar-refractivity contribution < 1.29 is 19.1 Å².